The lowest BCUT2D eigenvalue weighted by molar-refractivity contribution is 0.487. The van der Waals surface area contributed by atoms with Crippen LogP contribution in [0.2, 0.25) is 0 Å². The van der Waals surface area contributed by atoms with E-state index >= 15 is 0 Å². The van der Waals surface area contributed by atoms with Crippen molar-refractivity contribution in [1.29, 1.82) is 0 Å². The second-order valence-electron chi connectivity index (χ2n) is 14.5. The Kier molecular flexibility index (Phi) is 6.34. The van der Waals surface area contributed by atoms with Gasteiger partial charge < -0.3 is 13.9 Å². The van der Waals surface area contributed by atoms with Crippen LogP contribution in [-0.2, 0) is 0 Å². The van der Waals surface area contributed by atoms with E-state index in [1.165, 1.54) is 71.3 Å². The average molecular weight is 701 g/mol. The van der Waals surface area contributed by atoms with Crippen molar-refractivity contribution in [3.63, 3.8) is 0 Å². The van der Waals surface area contributed by atoms with Crippen molar-refractivity contribution in [2.24, 2.45) is 0 Å². The highest BCUT2D eigenvalue weighted by atomic mass is 16.5. The molecular formula is C52H32N2O. The largest absolute Gasteiger partial charge is 0.456 e. The van der Waals surface area contributed by atoms with Gasteiger partial charge in [0, 0.05) is 43.9 Å². The van der Waals surface area contributed by atoms with Gasteiger partial charge in [-0.2, -0.15) is 0 Å². The monoisotopic (exact) mass is 700 g/mol. The molecule has 0 radical (unpaired) electrons. The summed E-state index contributed by atoms with van der Waals surface area (Å²) in [5.41, 5.74) is 14.1. The van der Waals surface area contributed by atoms with Crippen LogP contribution < -0.4 is 4.74 Å². The molecule has 0 fully saturated rings. The summed E-state index contributed by atoms with van der Waals surface area (Å²) in [5, 5.41) is 7.31. The summed E-state index contributed by atoms with van der Waals surface area (Å²) in [4.78, 5) is 0. The minimum absolute atomic E-state index is 0.874. The summed E-state index contributed by atoms with van der Waals surface area (Å²) in [5.74, 6) is 1.77. The van der Waals surface area contributed by atoms with Crippen LogP contribution in [0.4, 0.5) is 0 Å². The number of nitrogens with zero attached hydrogens (tertiary/aromatic N) is 2. The summed E-state index contributed by atoms with van der Waals surface area (Å²) in [6, 6.07) is 70.1. The standard InChI is InChI=1S/C52H32N2O/c1-3-13-33(14-4-1)34-15-11-18-38(29-34)54-46-23-10-8-20-40(46)51-41-21-12-24-50-52(41)44(32-48(51)54)43-31-36(26-28-49(43)55-50)35-25-27-47-42(30-35)39-19-7-9-22-45(39)53(47)37-16-5-2-6-17-37/h1-32H. The van der Waals surface area contributed by atoms with E-state index in [-0.39, 0.29) is 0 Å². The maximum atomic E-state index is 6.73. The van der Waals surface area contributed by atoms with E-state index in [4.69, 9.17) is 4.74 Å². The molecule has 2 aromatic heterocycles. The van der Waals surface area contributed by atoms with Crippen molar-refractivity contribution >= 4 is 54.4 Å². The summed E-state index contributed by atoms with van der Waals surface area (Å²) in [7, 11) is 0. The fourth-order valence-corrected chi connectivity index (χ4v) is 9.07. The number of benzene rings is 9. The molecule has 3 heterocycles. The quantitative estimate of drug-likeness (QED) is 0.179. The normalized spacial score (nSPS) is 12.1. The molecule has 0 atom stereocenters. The lowest BCUT2D eigenvalue weighted by atomic mass is 9.90. The number of ether oxygens (including phenoxy) is 1. The van der Waals surface area contributed by atoms with E-state index < -0.39 is 0 Å². The molecular weight excluding hydrogens is 669 g/mol. The van der Waals surface area contributed by atoms with E-state index in [1.807, 2.05) is 0 Å². The predicted octanol–water partition coefficient (Wildman–Crippen LogP) is 14.1. The zero-order valence-electron chi connectivity index (χ0n) is 29.8. The van der Waals surface area contributed by atoms with Crippen LogP contribution in [0.5, 0.6) is 11.5 Å². The Labute approximate surface area is 317 Å². The molecule has 0 bridgehead atoms. The molecule has 256 valence electrons. The molecule has 0 saturated carbocycles. The third kappa shape index (κ3) is 4.44. The first-order chi connectivity index (χ1) is 27.3. The molecule has 0 unspecified atom stereocenters. The lowest BCUT2D eigenvalue weighted by Crippen LogP contribution is -1.99. The van der Waals surface area contributed by atoms with Gasteiger partial charge in [-0.15, -0.1) is 0 Å². The first-order valence-corrected chi connectivity index (χ1v) is 18.8. The number of rotatable bonds is 4. The molecule has 12 rings (SSSR count). The van der Waals surface area contributed by atoms with E-state index in [0.717, 1.165) is 39.4 Å². The lowest BCUT2D eigenvalue weighted by Gasteiger charge is -2.23. The summed E-state index contributed by atoms with van der Waals surface area (Å²) in [6.07, 6.45) is 0. The minimum Gasteiger partial charge on any atom is -0.456 e. The van der Waals surface area contributed by atoms with Crippen LogP contribution in [0.3, 0.4) is 0 Å². The molecule has 0 N–H and O–H groups in total. The van der Waals surface area contributed by atoms with E-state index in [2.05, 4.69) is 203 Å². The van der Waals surface area contributed by atoms with Crippen LogP contribution in [-0.4, -0.2) is 9.13 Å². The minimum atomic E-state index is 0.874. The Morgan fingerprint density at radius 3 is 1.75 bits per heavy atom. The Balaban J connectivity index is 1.08. The number of aromatic nitrogens is 2. The van der Waals surface area contributed by atoms with Gasteiger partial charge in [-0.05, 0) is 106 Å². The average Bonchev–Trinajstić information content (AvgIpc) is 3.77. The van der Waals surface area contributed by atoms with Crippen LogP contribution in [0, 0.1) is 0 Å². The van der Waals surface area contributed by atoms with Crippen molar-refractivity contribution < 1.29 is 4.74 Å². The van der Waals surface area contributed by atoms with Crippen molar-refractivity contribution in [2.45, 2.75) is 0 Å². The van der Waals surface area contributed by atoms with E-state index in [1.54, 1.807) is 0 Å². The molecule has 0 spiro atoms. The maximum Gasteiger partial charge on any atom is 0.135 e. The molecule has 55 heavy (non-hydrogen) atoms. The van der Waals surface area contributed by atoms with Gasteiger partial charge in [0.1, 0.15) is 11.5 Å². The van der Waals surface area contributed by atoms with Crippen LogP contribution in [0.15, 0.2) is 194 Å². The van der Waals surface area contributed by atoms with Crippen molar-refractivity contribution in [3.05, 3.63) is 194 Å². The number of para-hydroxylation sites is 3. The molecule has 0 saturated heterocycles. The molecule has 0 aliphatic carbocycles. The third-order valence-corrected chi connectivity index (χ3v) is 11.5. The highest BCUT2D eigenvalue weighted by Gasteiger charge is 2.25. The van der Waals surface area contributed by atoms with Gasteiger partial charge in [0.25, 0.3) is 0 Å². The van der Waals surface area contributed by atoms with E-state index in [0.29, 0.717) is 0 Å². The topological polar surface area (TPSA) is 19.1 Å². The Morgan fingerprint density at radius 1 is 0.291 bits per heavy atom. The summed E-state index contributed by atoms with van der Waals surface area (Å²) < 4.78 is 11.5. The molecule has 1 aliphatic rings. The van der Waals surface area contributed by atoms with Gasteiger partial charge in [0.15, 0.2) is 0 Å². The number of fused-ring (bicyclic) bond motifs is 9. The van der Waals surface area contributed by atoms with Gasteiger partial charge >= 0.3 is 0 Å². The molecule has 1 aliphatic heterocycles. The zero-order chi connectivity index (χ0) is 36.0. The number of hydrogen-bond acceptors (Lipinski definition) is 1. The first-order valence-electron chi connectivity index (χ1n) is 18.8. The first kappa shape index (κ1) is 30.1. The van der Waals surface area contributed by atoms with Crippen LogP contribution in [0.25, 0.3) is 99.1 Å². The summed E-state index contributed by atoms with van der Waals surface area (Å²) >= 11 is 0. The van der Waals surface area contributed by atoms with Crippen molar-refractivity contribution in [1.82, 2.24) is 9.13 Å². The van der Waals surface area contributed by atoms with Crippen LogP contribution >= 0.6 is 0 Å². The fraction of sp³-hybridized carbons (Fsp3) is 0. The molecule has 11 aromatic rings. The predicted molar refractivity (Wildman–Crippen MR) is 229 cm³/mol. The second-order valence-corrected chi connectivity index (χ2v) is 14.5. The smallest absolute Gasteiger partial charge is 0.135 e. The highest BCUT2D eigenvalue weighted by molar-refractivity contribution is 6.26. The van der Waals surface area contributed by atoms with E-state index in [9.17, 15) is 0 Å². The van der Waals surface area contributed by atoms with Crippen LogP contribution in [0.1, 0.15) is 0 Å². The molecule has 3 heteroatoms. The Bertz CT molecular complexity index is 3330. The number of hydrogen-bond donors (Lipinski definition) is 0. The Morgan fingerprint density at radius 2 is 0.891 bits per heavy atom. The summed E-state index contributed by atoms with van der Waals surface area (Å²) in [6.45, 7) is 0. The molecule has 9 aromatic carbocycles. The molecule has 3 nitrogen and oxygen atoms in total. The van der Waals surface area contributed by atoms with Gasteiger partial charge in [-0.3, -0.25) is 0 Å². The third-order valence-electron chi connectivity index (χ3n) is 11.5. The molecule has 0 amide bonds. The van der Waals surface area contributed by atoms with Gasteiger partial charge in [0.05, 0.1) is 22.1 Å². The zero-order valence-corrected chi connectivity index (χ0v) is 29.8. The van der Waals surface area contributed by atoms with Gasteiger partial charge in [-0.1, -0.05) is 121 Å². The van der Waals surface area contributed by atoms with Crippen molar-refractivity contribution in [2.75, 3.05) is 0 Å². The second kappa shape index (κ2) is 11.6. The van der Waals surface area contributed by atoms with Crippen molar-refractivity contribution in [3.8, 4) is 56.3 Å². The SMILES string of the molecule is c1ccc(-c2cccc(-n3c4ccccc4c4c5cccc6c5c(cc43)-c3cc(-c4ccc5c(c4)c4ccccc4n5-c4ccccc4)ccc3O6)c2)cc1. The fourth-order valence-electron chi connectivity index (χ4n) is 9.07. The van der Waals surface area contributed by atoms with Gasteiger partial charge in [0.2, 0.25) is 0 Å². The highest BCUT2D eigenvalue weighted by Crippen LogP contribution is 2.51. The maximum absolute atomic E-state index is 6.73. The van der Waals surface area contributed by atoms with Gasteiger partial charge in [-0.25, -0.2) is 0 Å². The Hall–Kier alpha value is -7.36.